The predicted molar refractivity (Wildman–Crippen MR) is 114 cm³/mol. The highest BCUT2D eigenvalue weighted by molar-refractivity contribution is 7.99. The van der Waals surface area contributed by atoms with Crippen LogP contribution >= 0.6 is 23.4 Å². The van der Waals surface area contributed by atoms with Crippen molar-refractivity contribution in [2.45, 2.75) is 50.4 Å². The number of methoxy groups -OCH3 is 1. The molecule has 0 aliphatic heterocycles. The van der Waals surface area contributed by atoms with Gasteiger partial charge in [-0.1, -0.05) is 29.8 Å². The molecule has 4 atom stereocenters. The summed E-state index contributed by atoms with van der Waals surface area (Å²) < 4.78 is 7.34. The summed E-state index contributed by atoms with van der Waals surface area (Å²) in [6.45, 7) is 3.46. The molecule has 2 saturated carbocycles. The number of rotatable bonds is 8. The number of thioether (sulfide) groups is 1. The van der Waals surface area contributed by atoms with E-state index < -0.39 is 0 Å². The second-order valence-corrected chi connectivity index (χ2v) is 9.53. The van der Waals surface area contributed by atoms with Gasteiger partial charge in [0, 0.05) is 24.7 Å². The molecule has 2 aliphatic carbocycles. The van der Waals surface area contributed by atoms with Gasteiger partial charge in [-0.25, -0.2) is 4.98 Å². The fourth-order valence-electron chi connectivity index (χ4n) is 5.03. The summed E-state index contributed by atoms with van der Waals surface area (Å²) in [5.41, 5.74) is 1.86. The Balaban J connectivity index is 1.39. The highest BCUT2D eigenvalue weighted by Gasteiger charge is 2.42. The van der Waals surface area contributed by atoms with Crippen molar-refractivity contribution >= 4 is 40.3 Å². The van der Waals surface area contributed by atoms with Crippen molar-refractivity contribution in [2.24, 2.45) is 17.8 Å². The normalized spacial score (nSPS) is 24.8. The third-order valence-electron chi connectivity index (χ3n) is 6.35. The number of carbonyl (C=O) groups is 1. The Morgan fingerprint density at radius 2 is 2.29 bits per heavy atom. The van der Waals surface area contributed by atoms with Crippen molar-refractivity contribution in [1.29, 1.82) is 0 Å². The van der Waals surface area contributed by atoms with E-state index >= 15 is 0 Å². The van der Waals surface area contributed by atoms with Gasteiger partial charge in [0.05, 0.1) is 23.4 Å². The molecule has 28 heavy (non-hydrogen) atoms. The number of fused-ring (bicyclic) bond motifs is 3. The first-order valence-corrected chi connectivity index (χ1v) is 11.5. The lowest BCUT2D eigenvalue weighted by Gasteiger charge is -2.28. The molecule has 2 fully saturated rings. The lowest BCUT2D eigenvalue weighted by atomic mass is 9.84. The minimum absolute atomic E-state index is 0.0867. The summed E-state index contributed by atoms with van der Waals surface area (Å²) in [5.74, 6) is 2.83. The lowest BCUT2D eigenvalue weighted by Crippen LogP contribution is -2.40. The van der Waals surface area contributed by atoms with Crippen molar-refractivity contribution in [3.05, 3.63) is 23.2 Å². The van der Waals surface area contributed by atoms with E-state index in [0.717, 1.165) is 28.0 Å². The van der Waals surface area contributed by atoms with Gasteiger partial charge < -0.3 is 14.6 Å². The molecule has 1 N–H and O–H groups in total. The van der Waals surface area contributed by atoms with Gasteiger partial charge in [0.2, 0.25) is 5.91 Å². The molecule has 4 unspecified atom stereocenters. The standard InChI is InChI=1S/C21H28ClN3O2S/c1-13(17-10-14-3-4-15(17)9-14)23-20(26)12-28-21-24-18-11-16(22)5-6-19(18)25(21)7-8-27-2/h5-6,11,13-15,17H,3-4,7-10,12H2,1-2H3,(H,23,26). The number of imidazole rings is 1. The van der Waals surface area contributed by atoms with Gasteiger partial charge in [0.15, 0.2) is 5.16 Å². The molecule has 0 radical (unpaired) electrons. The number of nitrogens with zero attached hydrogens (tertiary/aromatic N) is 2. The van der Waals surface area contributed by atoms with E-state index in [1.54, 1.807) is 7.11 Å². The molecule has 5 nitrogen and oxygen atoms in total. The summed E-state index contributed by atoms with van der Waals surface area (Å²) in [6.07, 6.45) is 5.38. The SMILES string of the molecule is COCCn1c(SCC(=O)NC(C)C2CC3CCC2C3)nc2cc(Cl)ccc21. The molecule has 2 bridgehead atoms. The Labute approximate surface area is 175 Å². The highest BCUT2D eigenvalue weighted by Crippen LogP contribution is 2.49. The van der Waals surface area contributed by atoms with E-state index in [1.165, 1.54) is 37.4 Å². The summed E-state index contributed by atoms with van der Waals surface area (Å²) in [7, 11) is 1.69. The molecule has 1 aromatic carbocycles. The first-order chi connectivity index (χ1) is 13.5. The van der Waals surface area contributed by atoms with Crippen LogP contribution in [0.2, 0.25) is 5.02 Å². The molecule has 4 rings (SSSR count). The topological polar surface area (TPSA) is 56.1 Å². The van der Waals surface area contributed by atoms with Crippen molar-refractivity contribution in [1.82, 2.24) is 14.9 Å². The molecule has 2 aliphatic rings. The van der Waals surface area contributed by atoms with Gasteiger partial charge in [0.25, 0.3) is 0 Å². The molecular weight excluding hydrogens is 394 g/mol. The number of aromatic nitrogens is 2. The van der Waals surface area contributed by atoms with Crippen LogP contribution < -0.4 is 5.32 Å². The van der Waals surface area contributed by atoms with Crippen LogP contribution in [0.5, 0.6) is 0 Å². The molecule has 7 heteroatoms. The number of carbonyl (C=O) groups excluding carboxylic acids is 1. The van der Waals surface area contributed by atoms with Crippen LogP contribution in [0.4, 0.5) is 0 Å². The first-order valence-electron chi connectivity index (χ1n) is 10.1. The number of nitrogens with one attached hydrogen (secondary N) is 1. The molecule has 1 heterocycles. The smallest absolute Gasteiger partial charge is 0.230 e. The Morgan fingerprint density at radius 3 is 3.00 bits per heavy atom. The molecule has 1 aromatic heterocycles. The predicted octanol–water partition coefficient (Wildman–Crippen LogP) is 4.37. The van der Waals surface area contributed by atoms with Gasteiger partial charge in [-0.15, -0.1) is 0 Å². The third-order valence-corrected chi connectivity index (χ3v) is 7.56. The first kappa shape index (κ1) is 20.0. The largest absolute Gasteiger partial charge is 0.383 e. The van der Waals surface area contributed by atoms with Gasteiger partial charge >= 0.3 is 0 Å². The van der Waals surface area contributed by atoms with Crippen LogP contribution in [-0.4, -0.2) is 41.0 Å². The van der Waals surface area contributed by atoms with E-state index in [2.05, 4.69) is 16.8 Å². The fraction of sp³-hybridized carbons (Fsp3) is 0.619. The summed E-state index contributed by atoms with van der Waals surface area (Å²) in [6, 6.07) is 5.96. The molecule has 152 valence electrons. The third kappa shape index (κ3) is 4.19. The fourth-order valence-corrected chi connectivity index (χ4v) is 6.05. The number of benzene rings is 1. The average molecular weight is 422 g/mol. The van der Waals surface area contributed by atoms with Crippen LogP contribution in [0.1, 0.15) is 32.6 Å². The van der Waals surface area contributed by atoms with E-state index in [1.807, 2.05) is 18.2 Å². The van der Waals surface area contributed by atoms with Crippen molar-refractivity contribution < 1.29 is 9.53 Å². The van der Waals surface area contributed by atoms with Gasteiger partial charge in [-0.05, 0) is 62.1 Å². The Kier molecular flexibility index (Phi) is 6.18. The molecule has 2 aromatic rings. The van der Waals surface area contributed by atoms with Crippen LogP contribution in [0, 0.1) is 17.8 Å². The van der Waals surface area contributed by atoms with E-state index in [-0.39, 0.29) is 11.9 Å². The zero-order valence-corrected chi connectivity index (χ0v) is 18.1. The van der Waals surface area contributed by atoms with Crippen LogP contribution in [0.3, 0.4) is 0 Å². The Morgan fingerprint density at radius 1 is 1.43 bits per heavy atom. The Hall–Kier alpha value is -1.24. The van der Waals surface area contributed by atoms with Gasteiger partial charge in [-0.3, -0.25) is 4.79 Å². The minimum Gasteiger partial charge on any atom is -0.383 e. The number of halogens is 1. The highest BCUT2D eigenvalue weighted by atomic mass is 35.5. The summed E-state index contributed by atoms with van der Waals surface area (Å²) in [4.78, 5) is 17.3. The summed E-state index contributed by atoms with van der Waals surface area (Å²) >= 11 is 7.59. The quantitative estimate of drug-likeness (QED) is 0.643. The second kappa shape index (κ2) is 8.64. The molecule has 0 saturated heterocycles. The maximum Gasteiger partial charge on any atom is 0.230 e. The lowest BCUT2D eigenvalue weighted by molar-refractivity contribution is -0.119. The van der Waals surface area contributed by atoms with Gasteiger partial charge in [0.1, 0.15) is 0 Å². The van der Waals surface area contributed by atoms with E-state index in [4.69, 9.17) is 21.3 Å². The van der Waals surface area contributed by atoms with Crippen LogP contribution in [-0.2, 0) is 16.1 Å². The zero-order valence-electron chi connectivity index (χ0n) is 16.5. The summed E-state index contributed by atoms with van der Waals surface area (Å²) in [5, 5.41) is 4.74. The number of ether oxygens (including phenoxy) is 1. The van der Waals surface area contributed by atoms with Crippen molar-refractivity contribution in [2.75, 3.05) is 19.5 Å². The number of hydrogen-bond donors (Lipinski definition) is 1. The van der Waals surface area contributed by atoms with Crippen molar-refractivity contribution in [3.8, 4) is 0 Å². The molecule has 1 amide bonds. The maximum atomic E-state index is 12.6. The van der Waals surface area contributed by atoms with Gasteiger partial charge in [-0.2, -0.15) is 0 Å². The number of amides is 1. The Bertz CT molecular complexity index is 856. The maximum absolute atomic E-state index is 12.6. The zero-order chi connectivity index (χ0) is 19.7. The monoisotopic (exact) mass is 421 g/mol. The van der Waals surface area contributed by atoms with Crippen LogP contribution in [0.15, 0.2) is 23.4 Å². The minimum atomic E-state index is 0.0867. The van der Waals surface area contributed by atoms with Crippen LogP contribution in [0.25, 0.3) is 11.0 Å². The molecule has 0 spiro atoms. The average Bonchev–Trinajstić information content (AvgIpc) is 3.38. The molecular formula is C21H28ClN3O2S. The van der Waals surface area contributed by atoms with Crippen molar-refractivity contribution in [3.63, 3.8) is 0 Å². The second-order valence-electron chi connectivity index (χ2n) is 8.16. The van der Waals surface area contributed by atoms with E-state index in [0.29, 0.717) is 29.8 Å². The number of hydrogen-bond acceptors (Lipinski definition) is 4. The van der Waals surface area contributed by atoms with E-state index in [9.17, 15) is 4.79 Å².